The molecule has 1 aliphatic rings. The first-order chi connectivity index (χ1) is 33.7. The maximum Gasteiger partial charge on any atom is 0.410 e. The Kier molecular flexibility index (Phi) is 15.3. The van der Waals surface area contributed by atoms with Crippen LogP contribution >= 0.6 is 22.9 Å². The van der Waals surface area contributed by atoms with Crippen molar-refractivity contribution < 1.29 is 52.3 Å². The van der Waals surface area contributed by atoms with Gasteiger partial charge < -0.3 is 38.3 Å². The molecule has 8 rings (SSSR count). The van der Waals surface area contributed by atoms with Gasteiger partial charge in [0.1, 0.15) is 47.0 Å². The molecule has 0 aliphatic carbocycles. The van der Waals surface area contributed by atoms with Gasteiger partial charge in [0.25, 0.3) is 0 Å². The van der Waals surface area contributed by atoms with Crippen LogP contribution < -0.4 is 14.2 Å². The molecule has 4 heterocycles. The number of carboxylic acid groups (broad SMARTS) is 1. The summed E-state index contributed by atoms with van der Waals surface area (Å²) in [5.41, 5.74) is 4.59. The minimum Gasteiger partial charge on any atom is -0.496 e. The summed E-state index contributed by atoms with van der Waals surface area (Å²) in [6, 6.07) is 23.9. The van der Waals surface area contributed by atoms with E-state index in [0.717, 1.165) is 6.42 Å². The Hall–Kier alpha value is -7.05. The van der Waals surface area contributed by atoms with E-state index < -0.39 is 35.9 Å². The van der Waals surface area contributed by atoms with E-state index >= 15 is 0 Å². The van der Waals surface area contributed by atoms with E-state index in [2.05, 4.69) is 15.0 Å². The van der Waals surface area contributed by atoms with Crippen molar-refractivity contribution in [2.45, 2.75) is 71.7 Å². The third kappa shape index (κ3) is 11.3. The number of carbonyl (C=O) groups excluding carboxylic acids is 2. The molecule has 15 nitrogen and oxygen atoms in total. The van der Waals surface area contributed by atoms with E-state index in [4.69, 9.17) is 45.0 Å². The van der Waals surface area contributed by atoms with Crippen LogP contribution in [0.15, 0.2) is 97.5 Å². The number of aromatic nitrogens is 4. The maximum absolute atomic E-state index is 14.3. The predicted molar refractivity (Wildman–Crippen MR) is 261 cm³/mol. The topological polar surface area (TPSA) is 182 Å². The maximum atomic E-state index is 14.3. The first-order valence-electron chi connectivity index (χ1n) is 22.3. The van der Waals surface area contributed by atoms with Gasteiger partial charge in [0.05, 0.1) is 48.5 Å². The molecule has 1 amide bonds. The number of fused-ring (bicyclic) bond motifs is 1. The summed E-state index contributed by atoms with van der Waals surface area (Å²) in [6.45, 7) is 7.72. The molecule has 3 aromatic heterocycles. The highest BCUT2D eigenvalue weighted by atomic mass is 35.5. The summed E-state index contributed by atoms with van der Waals surface area (Å²) in [5.74, 6) is -0.456. The average molecular weight is 991 g/mol. The molecule has 0 saturated carbocycles. The number of para-hydroxylation sites is 1. The standard InChI is InChI=1S/C52H49ClFN5O10S/c1-30-36(16-17-38(44(30)53)50-65-23-8-24-66-50)42-43-47(56-29-57-48(43)70-45(42)32-12-14-34(54)15-13-32)68-41(49(61)62)26-33-25-31(27-59(21-22-60)51(63)69-52(2,3)4)11-18-39(33)67-28-35-19-20-55-46(58-35)37-9-6-7-10-40(37)64-5/h6-7,9-20,22,25,29,41,50H,8,21,23-24,26-28H2,1-5H3,(H,61,62). The van der Waals surface area contributed by atoms with Gasteiger partial charge in [-0.05, 0) is 98.3 Å². The number of hydrogen-bond donors (Lipinski definition) is 1. The van der Waals surface area contributed by atoms with Gasteiger partial charge in [0.15, 0.2) is 12.1 Å². The number of aliphatic carboxylic acids is 1. The molecular formula is C52H49ClFN5O10S. The summed E-state index contributed by atoms with van der Waals surface area (Å²) in [6.07, 6.45) is 1.07. The van der Waals surface area contributed by atoms with Crippen LogP contribution in [0.3, 0.4) is 0 Å². The second-order valence-corrected chi connectivity index (χ2v) is 18.6. The largest absolute Gasteiger partial charge is 0.496 e. The van der Waals surface area contributed by atoms with Crippen LogP contribution in [0.25, 0.3) is 43.2 Å². The highest BCUT2D eigenvalue weighted by Gasteiger charge is 2.30. The van der Waals surface area contributed by atoms with Gasteiger partial charge in [-0.1, -0.05) is 60.1 Å². The van der Waals surface area contributed by atoms with Crippen LogP contribution in [0.2, 0.25) is 5.02 Å². The van der Waals surface area contributed by atoms with Crippen LogP contribution in [-0.2, 0) is 43.4 Å². The Bertz CT molecular complexity index is 3030. The zero-order valence-electron chi connectivity index (χ0n) is 38.9. The number of aldehydes is 1. The fraction of sp³-hybridized carbons (Fsp3) is 0.288. The fourth-order valence-corrected chi connectivity index (χ4v) is 9.26. The smallest absolute Gasteiger partial charge is 0.410 e. The number of hydrogen-bond acceptors (Lipinski definition) is 14. The summed E-state index contributed by atoms with van der Waals surface area (Å²) >= 11 is 8.40. The summed E-state index contributed by atoms with van der Waals surface area (Å²) < 4.78 is 50.1. The van der Waals surface area contributed by atoms with Gasteiger partial charge in [0.2, 0.25) is 12.0 Å². The van der Waals surface area contributed by atoms with E-state index in [-0.39, 0.29) is 32.0 Å². The van der Waals surface area contributed by atoms with Gasteiger partial charge in [-0.25, -0.2) is 33.9 Å². The molecule has 1 N–H and O–H groups in total. The second-order valence-electron chi connectivity index (χ2n) is 17.2. The van der Waals surface area contributed by atoms with Crippen LogP contribution in [0.1, 0.15) is 61.4 Å². The van der Waals surface area contributed by atoms with E-state index in [1.807, 2.05) is 43.3 Å². The number of amides is 1. The summed E-state index contributed by atoms with van der Waals surface area (Å²) in [7, 11) is 1.56. The van der Waals surface area contributed by atoms with Crippen molar-refractivity contribution >= 4 is 51.5 Å². The quantitative estimate of drug-likeness (QED) is 0.0851. The molecular weight excluding hydrogens is 941 g/mol. The molecule has 1 saturated heterocycles. The Morgan fingerprint density at radius 1 is 0.986 bits per heavy atom. The molecule has 1 fully saturated rings. The van der Waals surface area contributed by atoms with Crippen molar-refractivity contribution in [3.8, 4) is 50.3 Å². The molecule has 0 radical (unpaired) electrons. The van der Waals surface area contributed by atoms with Crippen molar-refractivity contribution in [3.05, 3.63) is 136 Å². The lowest BCUT2D eigenvalue weighted by molar-refractivity contribution is -0.182. The third-order valence-electron chi connectivity index (χ3n) is 11.1. The number of benzene rings is 4. The van der Waals surface area contributed by atoms with Crippen LogP contribution in [0.4, 0.5) is 9.18 Å². The number of nitrogens with zero attached hydrogens (tertiary/aromatic N) is 5. The van der Waals surface area contributed by atoms with Gasteiger partial charge >= 0.3 is 12.1 Å². The van der Waals surface area contributed by atoms with E-state index in [9.17, 15) is 23.9 Å². The molecule has 362 valence electrons. The molecule has 18 heteroatoms. The van der Waals surface area contributed by atoms with Crippen LogP contribution in [-0.4, -0.2) is 86.9 Å². The van der Waals surface area contributed by atoms with Crippen molar-refractivity contribution in [1.82, 2.24) is 24.8 Å². The predicted octanol–water partition coefficient (Wildman–Crippen LogP) is 10.6. The van der Waals surface area contributed by atoms with E-state index in [0.29, 0.717) is 107 Å². The second kappa shape index (κ2) is 21.7. The zero-order valence-corrected chi connectivity index (χ0v) is 40.5. The van der Waals surface area contributed by atoms with E-state index in [1.54, 1.807) is 70.5 Å². The van der Waals surface area contributed by atoms with E-state index in [1.165, 1.54) is 34.7 Å². The molecule has 7 aromatic rings. The number of methoxy groups -OCH3 is 1. The number of ether oxygens (including phenoxy) is 6. The minimum atomic E-state index is -1.57. The van der Waals surface area contributed by atoms with Gasteiger partial charge in [-0.2, -0.15) is 0 Å². The Labute approximate surface area is 412 Å². The number of rotatable bonds is 17. The average Bonchev–Trinajstić information content (AvgIpc) is 3.74. The number of carboxylic acids is 1. The van der Waals surface area contributed by atoms with Crippen LogP contribution in [0, 0.1) is 12.7 Å². The Balaban J connectivity index is 1.18. The number of carbonyl (C=O) groups is 3. The normalized spacial score (nSPS) is 13.4. The zero-order chi connectivity index (χ0) is 49.5. The van der Waals surface area contributed by atoms with Crippen molar-refractivity contribution in [3.63, 3.8) is 0 Å². The SMILES string of the molecule is COc1ccccc1-c1nccc(COc2ccc(CN(CC=O)C(=O)OC(C)(C)C)cc2CC(Oc2ncnc3sc(-c4ccc(F)cc4)c(-c4ccc(C5OCCCO5)c(Cl)c4C)c23)C(=O)O)n1. The highest BCUT2D eigenvalue weighted by Crippen LogP contribution is 2.49. The number of thiophene rings is 1. The Morgan fingerprint density at radius 2 is 1.76 bits per heavy atom. The highest BCUT2D eigenvalue weighted by molar-refractivity contribution is 7.22. The molecule has 1 unspecified atom stereocenters. The summed E-state index contributed by atoms with van der Waals surface area (Å²) in [5, 5.41) is 11.8. The molecule has 70 heavy (non-hydrogen) atoms. The molecule has 4 aromatic carbocycles. The lowest BCUT2D eigenvalue weighted by atomic mass is 9.94. The minimum absolute atomic E-state index is 0.0267. The van der Waals surface area contributed by atoms with Gasteiger partial charge in [-0.3, -0.25) is 4.90 Å². The van der Waals surface area contributed by atoms with Crippen molar-refractivity contribution in [2.75, 3.05) is 26.9 Å². The van der Waals surface area contributed by atoms with Gasteiger partial charge in [0, 0.05) is 35.2 Å². The van der Waals surface area contributed by atoms with Crippen molar-refractivity contribution in [2.24, 2.45) is 0 Å². The summed E-state index contributed by atoms with van der Waals surface area (Å²) in [4.78, 5) is 59.1. The van der Waals surface area contributed by atoms with Crippen LogP contribution in [0.5, 0.6) is 17.4 Å². The van der Waals surface area contributed by atoms with Gasteiger partial charge in [-0.15, -0.1) is 11.3 Å². The monoisotopic (exact) mass is 989 g/mol. The molecule has 1 aliphatic heterocycles. The van der Waals surface area contributed by atoms with Crippen molar-refractivity contribution in [1.29, 1.82) is 0 Å². The number of halogens is 2. The molecule has 1 atom stereocenters. The molecule has 0 spiro atoms. The Morgan fingerprint density at radius 3 is 2.49 bits per heavy atom. The first-order valence-corrected chi connectivity index (χ1v) is 23.5. The first kappa shape index (κ1) is 49.4. The third-order valence-corrected chi connectivity index (χ3v) is 12.8. The lowest BCUT2D eigenvalue weighted by Crippen LogP contribution is -2.37. The lowest BCUT2D eigenvalue weighted by Gasteiger charge is -2.26. The molecule has 0 bridgehead atoms. The fourth-order valence-electron chi connectivity index (χ4n) is 7.86.